The first kappa shape index (κ1) is 13.6. The Bertz CT molecular complexity index is 372. The minimum Gasteiger partial charge on any atom is -0.365 e. The fourth-order valence-corrected chi connectivity index (χ4v) is 6.06. The van der Waals surface area contributed by atoms with Crippen molar-refractivity contribution in [2.75, 3.05) is 0 Å². The Morgan fingerprint density at radius 3 is 1.70 bits per heavy atom. The predicted octanol–water partition coefficient (Wildman–Crippen LogP) is 4.17. The molecule has 2 nitrogen and oxygen atoms in total. The summed E-state index contributed by atoms with van der Waals surface area (Å²) in [7, 11) is 0. The van der Waals surface area contributed by atoms with E-state index < -0.39 is 0 Å². The Hall–Kier alpha value is -0.0800. The largest absolute Gasteiger partial charge is 0.365 e. The van der Waals surface area contributed by atoms with Crippen LogP contribution in [0.5, 0.6) is 0 Å². The summed E-state index contributed by atoms with van der Waals surface area (Å²) in [6.45, 7) is 9.55. The molecular weight excluding hydrogens is 248 g/mol. The molecule has 4 rings (SSSR count). The molecule has 0 bridgehead atoms. The maximum atomic E-state index is 6.40. The molecule has 2 saturated heterocycles. The number of hydrogen-bond acceptors (Lipinski definition) is 2. The highest BCUT2D eigenvalue weighted by atomic mass is 16.6. The Morgan fingerprint density at radius 1 is 0.850 bits per heavy atom. The van der Waals surface area contributed by atoms with Crippen LogP contribution in [-0.4, -0.2) is 23.4 Å². The molecule has 2 heterocycles. The second kappa shape index (κ2) is 4.23. The van der Waals surface area contributed by atoms with Crippen molar-refractivity contribution in [3.05, 3.63) is 0 Å². The van der Waals surface area contributed by atoms with E-state index in [1.165, 1.54) is 38.5 Å². The summed E-state index contributed by atoms with van der Waals surface area (Å²) in [4.78, 5) is 0. The minimum atomic E-state index is 0.178. The Labute approximate surface area is 123 Å². The summed E-state index contributed by atoms with van der Waals surface area (Å²) in [5.74, 6) is 2.79. The SMILES string of the molecule is CC(C)C(C12CCCC(C)C1O2)C12CCCC(C)C1O2. The number of rotatable bonds is 3. The van der Waals surface area contributed by atoms with Gasteiger partial charge in [-0.25, -0.2) is 0 Å². The molecule has 4 aliphatic rings. The van der Waals surface area contributed by atoms with E-state index in [9.17, 15) is 0 Å². The summed E-state index contributed by atoms with van der Waals surface area (Å²) in [6, 6.07) is 0. The van der Waals surface area contributed by atoms with E-state index in [-0.39, 0.29) is 11.2 Å². The van der Waals surface area contributed by atoms with E-state index >= 15 is 0 Å². The van der Waals surface area contributed by atoms with Crippen molar-refractivity contribution in [1.82, 2.24) is 0 Å². The lowest BCUT2D eigenvalue weighted by atomic mass is 9.62. The van der Waals surface area contributed by atoms with Gasteiger partial charge in [0, 0.05) is 5.92 Å². The average Bonchev–Trinajstić information content (AvgIpc) is 3.24. The van der Waals surface area contributed by atoms with Gasteiger partial charge in [-0.15, -0.1) is 0 Å². The van der Waals surface area contributed by atoms with Gasteiger partial charge >= 0.3 is 0 Å². The van der Waals surface area contributed by atoms with Crippen LogP contribution in [0.1, 0.15) is 66.2 Å². The zero-order chi connectivity index (χ0) is 14.1. The third-order valence-electron chi connectivity index (χ3n) is 6.75. The molecule has 0 N–H and O–H groups in total. The van der Waals surface area contributed by atoms with Gasteiger partial charge in [0.2, 0.25) is 0 Å². The standard InChI is InChI=1S/C18H30O2/c1-11(2)14(17-9-5-7-12(3)15(17)19-17)18-10-6-8-13(4)16(18)20-18/h11-16H,5-10H2,1-4H3. The number of fused-ring (bicyclic) bond motifs is 2. The van der Waals surface area contributed by atoms with E-state index in [2.05, 4.69) is 27.7 Å². The fraction of sp³-hybridized carbons (Fsp3) is 1.00. The molecule has 6 unspecified atom stereocenters. The summed E-state index contributed by atoms with van der Waals surface area (Å²) >= 11 is 0. The van der Waals surface area contributed by atoms with Gasteiger partial charge in [0.1, 0.15) is 11.2 Å². The van der Waals surface area contributed by atoms with Gasteiger partial charge in [-0.05, 0) is 43.4 Å². The van der Waals surface area contributed by atoms with E-state index in [0.29, 0.717) is 24.0 Å². The topological polar surface area (TPSA) is 25.1 Å². The van der Waals surface area contributed by atoms with Crippen LogP contribution in [0.25, 0.3) is 0 Å². The van der Waals surface area contributed by atoms with Crippen LogP contribution in [0.3, 0.4) is 0 Å². The first-order chi connectivity index (χ1) is 9.51. The van der Waals surface area contributed by atoms with Gasteiger partial charge in [0.05, 0.1) is 12.2 Å². The molecule has 2 aliphatic carbocycles. The molecule has 0 aromatic carbocycles. The molecule has 2 heteroatoms. The van der Waals surface area contributed by atoms with Gasteiger partial charge in [-0.1, -0.05) is 40.5 Å². The first-order valence-electron chi connectivity index (χ1n) is 8.87. The van der Waals surface area contributed by atoms with Crippen LogP contribution < -0.4 is 0 Å². The molecular formula is C18H30O2. The van der Waals surface area contributed by atoms with Crippen molar-refractivity contribution >= 4 is 0 Å². The van der Waals surface area contributed by atoms with E-state index in [1.54, 1.807) is 0 Å². The van der Waals surface area contributed by atoms with Crippen LogP contribution >= 0.6 is 0 Å². The van der Waals surface area contributed by atoms with Crippen molar-refractivity contribution in [1.29, 1.82) is 0 Å². The Morgan fingerprint density at radius 2 is 1.30 bits per heavy atom. The first-order valence-corrected chi connectivity index (χ1v) is 8.87. The van der Waals surface area contributed by atoms with Gasteiger partial charge in [0.15, 0.2) is 0 Å². The van der Waals surface area contributed by atoms with Crippen molar-refractivity contribution < 1.29 is 9.47 Å². The maximum Gasteiger partial charge on any atom is 0.101 e. The maximum absolute atomic E-state index is 6.40. The molecule has 4 fully saturated rings. The zero-order valence-corrected chi connectivity index (χ0v) is 13.5. The lowest BCUT2D eigenvalue weighted by Gasteiger charge is -2.38. The van der Waals surface area contributed by atoms with Gasteiger partial charge in [-0.3, -0.25) is 0 Å². The van der Waals surface area contributed by atoms with Gasteiger partial charge in [0.25, 0.3) is 0 Å². The van der Waals surface area contributed by atoms with Crippen molar-refractivity contribution in [2.24, 2.45) is 23.7 Å². The fourth-order valence-electron chi connectivity index (χ4n) is 6.06. The zero-order valence-electron chi connectivity index (χ0n) is 13.5. The highest BCUT2D eigenvalue weighted by molar-refractivity contribution is 5.23. The Balaban J connectivity index is 1.64. The summed E-state index contributed by atoms with van der Waals surface area (Å²) < 4.78 is 12.8. The number of hydrogen-bond donors (Lipinski definition) is 0. The molecule has 114 valence electrons. The van der Waals surface area contributed by atoms with Crippen LogP contribution in [-0.2, 0) is 9.47 Å². The molecule has 0 amide bonds. The quantitative estimate of drug-likeness (QED) is 0.724. The third-order valence-corrected chi connectivity index (χ3v) is 6.75. The summed E-state index contributed by atoms with van der Waals surface area (Å²) in [5, 5.41) is 0. The lowest BCUT2D eigenvalue weighted by Crippen LogP contribution is -2.47. The van der Waals surface area contributed by atoms with Crippen LogP contribution in [0.2, 0.25) is 0 Å². The monoisotopic (exact) mass is 278 g/mol. The minimum absolute atomic E-state index is 0.178. The van der Waals surface area contributed by atoms with Crippen LogP contribution in [0.4, 0.5) is 0 Å². The second-order valence-electron chi connectivity index (χ2n) is 8.45. The Kier molecular flexibility index (Phi) is 2.87. The molecule has 0 radical (unpaired) electrons. The lowest BCUT2D eigenvalue weighted by molar-refractivity contribution is 0.0647. The second-order valence-corrected chi connectivity index (χ2v) is 8.45. The molecule has 2 saturated carbocycles. The highest BCUT2D eigenvalue weighted by Gasteiger charge is 2.76. The molecule has 2 aliphatic heterocycles. The molecule has 0 aromatic heterocycles. The van der Waals surface area contributed by atoms with Crippen molar-refractivity contribution in [3.63, 3.8) is 0 Å². The third kappa shape index (κ3) is 1.64. The smallest absolute Gasteiger partial charge is 0.101 e. The average molecular weight is 278 g/mol. The molecule has 0 spiro atoms. The van der Waals surface area contributed by atoms with E-state index in [4.69, 9.17) is 9.47 Å². The summed E-state index contributed by atoms with van der Waals surface area (Å²) in [6.07, 6.45) is 9.00. The number of ether oxygens (including phenoxy) is 2. The normalized spacial score (nSPS) is 55.0. The van der Waals surface area contributed by atoms with Crippen molar-refractivity contribution in [2.45, 2.75) is 89.6 Å². The molecule has 20 heavy (non-hydrogen) atoms. The van der Waals surface area contributed by atoms with E-state index in [1.807, 2.05) is 0 Å². The number of epoxide rings is 2. The van der Waals surface area contributed by atoms with E-state index in [0.717, 1.165) is 11.8 Å². The molecule has 6 atom stereocenters. The van der Waals surface area contributed by atoms with Gasteiger partial charge < -0.3 is 9.47 Å². The highest BCUT2D eigenvalue weighted by Crippen LogP contribution is 2.67. The van der Waals surface area contributed by atoms with Crippen LogP contribution in [0.15, 0.2) is 0 Å². The van der Waals surface area contributed by atoms with Crippen molar-refractivity contribution in [3.8, 4) is 0 Å². The predicted molar refractivity (Wildman–Crippen MR) is 79.6 cm³/mol. The molecule has 0 aromatic rings. The van der Waals surface area contributed by atoms with Crippen LogP contribution in [0, 0.1) is 23.7 Å². The van der Waals surface area contributed by atoms with Gasteiger partial charge in [-0.2, -0.15) is 0 Å². The summed E-state index contributed by atoms with van der Waals surface area (Å²) in [5.41, 5.74) is 0.356.